The molecule has 1 atom stereocenters. The lowest BCUT2D eigenvalue weighted by atomic mass is 9.98. The van der Waals surface area contributed by atoms with Crippen LogP contribution in [0.15, 0.2) is 48.5 Å². The van der Waals surface area contributed by atoms with Crippen LogP contribution in [-0.4, -0.2) is 37.6 Å². The van der Waals surface area contributed by atoms with Gasteiger partial charge in [0.05, 0.1) is 12.6 Å². The van der Waals surface area contributed by atoms with Crippen molar-refractivity contribution in [3.05, 3.63) is 59.7 Å². The van der Waals surface area contributed by atoms with Crippen LogP contribution in [-0.2, 0) is 19.1 Å². The second-order valence-corrected chi connectivity index (χ2v) is 7.33. The molecule has 0 heterocycles. The van der Waals surface area contributed by atoms with Crippen LogP contribution in [0.2, 0.25) is 0 Å². The molecule has 0 saturated carbocycles. The minimum atomic E-state index is -0.792. The number of hydrogen-bond acceptors (Lipinski definition) is 5. The second-order valence-electron chi connectivity index (χ2n) is 7.33. The highest BCUT2D eigenvalue weighted by Gasteiger charge is 2.29. The number of aldehydes is 1. The molecule has 6 nitrogen and oxygen atoms in total. The lowest BCUT2D eigenvalue weighted by Gasteiger charge is -2.16. The molecular weight excluding hydrogens is 382 g/mol. The molecule has 3 rings (SSSR count). The van der Waals surface area contributed by atoms with Crippen molar-refractivity contribution in [3.8, 4) is 11.1 Å². The van der Waals surface area contributed by atoms with Crippen molar-refractivity contribution in [2.75, 3.05) is 13.2 Å². The molecule has 0 spiro atoms. The fourth-order valence-electron chi connectivity index (χ4n) is 3.64. The molecule has 158 valence electrons. The van der Waals surface area contributed by atoms with Gasteiger partial charge in [0.15, 0.2) is 0 Å². The van der Waals surface area contributed by atoms with E-state index in [0.717, 1.165) is 35.1 Å². The summed E-state index contributed by atoms with van der Waals surface area (Å²) in [4.78, 5) is 35.2. The monoisotopic (exact) mass is 409 g/mol. The predicted octanol–water partition coefficient (Wildman–Crippen LogP) is 4.22. The number of rotatable bonds is 10. The van der Waals surface area contributed by atoms with Crippen LogP contribution in [0, 0.1) is 0 Å². The van der Waals surface area contributed by atoms with Gasteiger partial charge in [-0.3, -0.25) is 4.79 Å². The van der Waals surface area contributed by atoms with E-state index in [4.69, 9.17) is 9.47 Å². The van der Waals surface area contributed by atoms with Gasteiger partial charge in [-0.2, -0.15) is 0 Å². The molecule has 2 aromatic rings. The van der Waals surface area contributed by atoms with Gasteiger partial charge in [-0.25, -0.2) is 4.79 Å². The number of nitrogens with one attached hydrogen (secondary N) is 1. The first-order chi connectivity index (χ1) is 14.6. The highest BCUT2D eigenvalue weighted by molar-refractivity contribution is 5.79. The van der Waals surface area contributed by atoms with Crippen molar-refractivity contribution in [1.82, 2.24) is 5.32 Å². The summed E-state index contributed by atoms with van der Waals surface area (Å²) in [5.41, 5.74) is 4.53. The largest absolute Gasteiger partial charge is 0.466 e. The fraction of sp³-hybridized carbons (Fsp3) is 0.375. The number of ether oxygens (including phenoxy) is 2. The van der Waals surface area contributed by atoms with E-state index in [0.29, 0.717) is 12.9 Å². The highest BCUT2D eigenvalue weighted by atomic mass is 16.5. The lowest BCUT2D eigenvalue weighted by Crippen LogP contribution is -2.37. The zero-order chi connectivity index (χ0) is 21.3. The number of alkyl carbamates (subject to hydrolysis) is 1. The molecule has 1 N–H and O–H groups in total. The van der Waals surface area contributed by atoms with E-state index >= 15 is 0 Å². The zero-order valence-electron chi connectivity index (χ0n) is 17.1. The van der Waals surface area contributed by atoms with Crippen LogP contribution < -0.4 is 5.32 Å². The second kappa shape index (κ2) is 10.6. The predicted molar refractivity (Wildman–Crippen MR) is 113 cm³/mol. The van der Waals surface area contributed by atoms with Gasteiger partial charge in [0.1, 0.15) is 12.9 Å². The normalized spacial score (nSPS) is 13.1. The van der Waals surface area contributed by atoms with E-state index in [-0.39, 0.29) is 31.3 Å². The number of carbonyl (C=O) groups excluding carboxylic acids is 3. The highest BCUT2D eigenvalue weighted by Crippen LogP contribution is 2.44. The number of benzene rings is 2. The fourth-order valence-corrected chi connectivity index (χ4v) is 3.64. The summed E-state index contributed by atoms with van der Waals surface area (Å²) in [5.74, 6) is -0.420. The molecule has 0 unspecified atom stereocenters. The third-order valence-corrected chi connectivity index (χ3v) is 5.23. The van der Waals surface area contributed by atoms with Gasteiger partial charge < -0.3 is 19.6 Å². The molecule has 0 aromatic heterocycles. The van der Waals surface area contributed by atoms with E-state index in [1.165, 1.54) is 0 Å². The molecule has 0 aliphatic heterocycles. The average molecular weight is 409 g/mol. The maximum atomic E-state index is 12.2. The van der Waals surface area contributed by atoms with E-state index in [9.17, 15) is 14.4 Å². The lowest BCUT2D eigenvalue weighted by molar-refractivity contribution is -0.144. The van der Waals surface area contributed by atoms with Crippen molar-refractivity contribution < 1.29 is 23.9 Å². The van der Waals surface area contributed by atoms with Gasteiger partial charge >= 0.3 is 12.1 Å². The van der Waals surface area contributed by atoms with Crippen molar-refractivity contribution in [3.63, 3.8) is 0 Å². The molecule has 0 bridgehead atoms. The number of unbranched alkanes of at least 4 members (excludes halogenated alkanes) is 1. The molecule has 1 aliphatic rings. The van der Waals surface area contributed by atoms with E-state index < -0.39 is 12.1 Å². The summed E-state index contributed by atoms with van der Waals surface area (Å²) in [6, 6.07) is 15.4. The summed E-state index contributed by atoms with van der Waals surface area (Å²) in [5, 5.41) is 2.52. The molecule has 0 radical (unpaired) electrons. The number of amides is 1. The Balaban J connectivity index is 1.52. The summed E-state index contributed by atoms with van der Waals surface area (Å²) in [6.07, 6.45) is 1.93. The minimum absolute atomic E-state index is 0.0497. The molecule has 0 fully saturated rings. The van der Waals surface area contributed by atoms with Crippen LogP contribution >= 0.6 is 0 Å². The number of hydrogen-bond donors (Lipinski definition) is 1. The number of carbonyl (C=O) groups is 3. The number of esters is 1. The summed E-state index contributed by atoms with van der Waals surface area (Å²) in [6.45, 7) is 2.56. The van der Waals surface area contributed by atoms with Gasteiger partial charge in [0.2, 0.25) is 0 Å². The molecular formula is C24H27NO5. The van der Waals surface area contributed by atoms with Crippen molar-refractivity contribution in [1.29, 1.82) is 0 Å². The maximum absolute atomic E-state index is 12.2. The Morgan fingerprint density at radius 1 is 1.03 bits per heavy atom. The van der Waals surface area contributed by atoms with Gasteiger partial charge in [-0.1, -0.05) is 61.9 Å². The smallest absolute Gasteiger partial charge is 0.407 e. The van der Waals surface area contributed by atoms with Gasteiger partial charge in [0.25, 0.3) is 0 Å². The SMILES string of the molecule is CCCCOC(=O)CC[C@@H](C=O)NC(=O)OCC1c2ccccc2-c2ccccc21. The number of fused-ring (bicyclic) bond motifs is 3. The first-order valence-electron chi connectivity index (χ1n) is 10.4. The molecule has 0 saturated heterocycles. The van der Waals surface area contributed by atoms with Crippen LogP contribution in [0.3, 0.4) is 0 Å². The Labute approximate surface area is 176 Å². The molecule has 1 amide bonds. The van der Waals surface area contributed by atoms with Crippen molar-refractivity contribution in [2.45, 2.75) is 44.6 Å². The van der Waals surface area contributed by atoms with Gasteiger partial charge in [-0.15, -0.1) is 0 Å². The molecule has 1 aliphatic carbocycles. The van der Waals surface area contributed by atoms with E-state index in [2.05, 4.69) is 17.4 Å². The summed E-state index contributed by atoms with van der Waals surface area (Å²) >= 11 is 0. The third kappa shape index (κ3) is 5.26. The Morgan fingerprint density at radius 2 is 1.67 bits per heavy atom. The maximum Gasteiger partial charge on any atom is 0.407 e. The Kier molecular flexibility index (Phi) is 7.60. The van der Waals surface area contributed by atoms with Gasteiger partial charge in [-0.05, 0) is 35.1 Å². The molecule has 6 heteroatoms. The molecule has 30 heavy (non-hydrogen) atoms. The summed E-state index contributed by atoms with van der Waals surface area (Å²) < 4.78 is 10.5. The zero-order valence-corrected chi connectivity index (χ0v) is 17.1. The van der Waals surface area contributed by atoms with Crippen molar-refractivity contribution in [2.24, 2.45) is 0 Å². The van der Waals surface area contributed by atoms with Crippen LogP contribution in [0.1, 0.15) is 49.7 Å². The first kappa shape index (κ1) is 21.6. The Morgan fingerprint density at radius 3 is 2.27 bits per heavy atom. The van der Waals surface area contributed by atoms with Crippen molar-refractivity contribution >= 4 is 18.3 Å². The minimum Gasteiger partial charge on any atom is -0.466 e. The topological polar surface area (TPSA) is 81.7 Å². The van der Waals surface area contributed by atoms with Crippen LogP contribution in [0.5, 0.6) is 0 Å². The average Bonchev–Trinajstić information content (AvgIpc) is 3.09. The van der Waals surface area contributed by atoms with Crippen LogP contribution in [0.25, 0.3) is 11.1 Å². The van der Waals surface area contributed by atoms with Gasteiger partial charge in [0, 0.05) is 12.3 Å². The summed E-state index contributed by atoms with van der Waals surface area (Å²) in [7, 11) is 0. The quantitative estimate of drug-likeness (QED) is 0.361. The Hall–Kier alpha value is -3.15. The van der Waals surface area contributed by atoms with E-state index in [1.807, 2.05) is 43.3 Å². The standard InChI is InChI=1S/C24H27NO5/c1-2-3-14-29-23(27)13-12-17(15-26)25-24(28)30-16-22-20-10-6-4-8-18(20)19-9-5-7-11-21(19)22/h4-11,15,17,22H,2-3,12-14,16H2,1H3,(H,25,28)/t17-/m0/s1. The third-order valence-electron chi connectivity index (χ3n) is 5.23. The first-order valence-corrected chi connectivity index (χ1v) is 10.4. The molecule has 2 aromatic carbocycles. The Bertz CT molecular complexity index is 849. The van der Waals surface area contributed by atoms with E-state index in [1.54, 1.807) is 0 Å². The van der Waals surface area contributed by atoms with Crippen LogP contribution in [0.4, 0.5) is 4.79 Å².